The summed E-state index contributed by atoms with van der Waals surface area (Å²) in [4.78, 5) is 35.2. The summed E-state index contributed by atoms with van der Waals surface area (Å²) in [5.74, 6) is -1.13. The van der Waals surface area contributed by atoms with Crippen LogP contribution in [0.3, 0.4) is 0 Å². The summed E-state index contributed by atoms with van der Waals surface area (Å²) in [7, 11) is -3.81. The van der Waals surface area contributed by atoms with E-state index in [1.807, 2.05) is 0 Å². The van der Waals surface area contributed by atoms with Gasteiger partial charge in [-0.3, -0.25) is 14.9 Å². The molecule has 0 unspecified atom stereocenters. The van der Waals surface area contributed by atoms with Crippen LogP contribution in [0.4, 0.5) is 4.79 Å². The second-order valence-corrected chi connectivity index (χ2v) is 9.75. The van der Waals surface area contributed by atoms with Crippen molar-refractivity contribution >= 4 is 27.9 Å². The smallest absolute Gasteiger partial charge is 0.407 e. The number of piperidine rings is 1. The van der Waals surface area contributed by atoms with E-state index in [0.29, 0.717) is 12.8 Å². The normalized spacial score (nSPS) is 18.5. The Balaban J connectivity index is 1.66. The van der Waals surface area contributed by atoms with Crippen molar-refractivity contribution in [1.29, 1.82) is 0 Å². The number of carbonyl (C=O) groups is 3. The number of hydrogen-bond donors (Lipinski definition) is 2. The lowest BCUT2D eigenvalue weighted by atomic mass is 10.1. The highest BCUT2D eigenvalue weighted by Crippen LogP contribution is 2.25. The largest absolute Gasteiger partial charge is 0.444 e. The van der Waals surface area contributed by atoms with Gasteiger partial charge in [-0.15, -0.1) is 0 Å². The Morgan fingerprint density at radius 3 is 2.36 bits per heavy atom. The van der Waals surface area contributed by atoms with Crippen molar-refractivity contribution in [2.75, 3.05) is 13.1 Å². The molecular formula is C18H23N3O6S. The first-order valence-corrected chi connectivity index (χ1v) is 10.4. The summed E-state index contributed by atoms with van der Waals surface area (Å²) in [6, 6.07) is 3.73. The van der Waals surface area contributed by atoms with Crippen molar-refractivity contribution < 1.29 is 27.5 Å². The molecule has 0 atom stereocenters. The zero-order valence-corrected chi connectivity index (χ0v) is 16.8. The highest BCUT2D eigenvalue weighted by atomic mass is 32.2. The quantitative estimate of drug-likeness (QED) is 0.725. The summed E-state index contributed by atoms with van der Waals surface area (Å²) in [6.45, 7) is 5.76. The van der Waals surface area contributed by atoms with Gasteiger partial charge < -0.3 is 10.1 Å². The highest BCUT2D eigenvalue weighted by molar-refractivity contribution is 7.89. The maximum Gasteiger partial charge on any atom is 0.407 e. The number of amides is 3. The van der Waals surface area contributed by atoms with Crippen molar-refractivity contribution in [3.63, 3.8) is 0 Å². The average molecular weight is 409 g/mol. The van der Waals surface area contributed by atoms with Crippen LogP contribution < -0.4 is 10.6 Å². The minimum Gasteiger partial charge on any atom is -0.444 e. The van der Waals surface area contributed by atoms with Crippen LogP contribution >= 0.6 is 0 Å². The van der Waals surface area contributed by atoms with Crippen LogP contribution in [0.2, 0.25) is 0 Å². The predicted octanol–water partition coefficient (Wildman–Crippen LogP) is 1.25. The molecular weight excluding hydrogens is 386 g/mol. The molecule has 0 spiro atoms. The molecule has 1 fully saturated rings. The Bertz CT molecular complexity index is 927. The fourth-order valence-electron chi connectivity index (χ4n) is 3.17. The second kappa shape index (κ2) is 7.17. The summed E-state index contributed by atoms with van der Waals surface area (Å²) in [6.07, 6.45) is 0.369. The fraction of sp³-hybridized carbons (Fsp3) is 0.500. The Hall–Kier alpha value is -2.46. The minimum atomic E-state index is -3.81. The second-order valence-electron chi connectivity index (χ2n) is 7.82. The van der Waals surface area contributed by atoms with E-state index in [1.165, 1.54) is 22.5 Å². The number of imide groups is 1. The van der Waals surface area contributed by atoms with Gasteiger partial charge >= 0.3 is 6.09 Å². The minimum absolute atomic E-state index is 0.0327. The summed E-state index contributed by atoms with van der Waals surface area (Å²) < 4.78 is 32.3. The lowest BCUT2D eigenvalue weighted by molar-refractivity contribution is 0.0489. The van der Waals surface area contributed by atoms with Crippen LogP contribution in [0.15, 0.2) is 23.1 Å². The molecule has 1 saturated heterocycles. The van der Waals surface area contributed by atoms with E-state index in [9.17, 15) is 22.8 Å². The first kappa shape index (κ1) is 20.3. The number of ether oxygens (including phenoxy) is 1. The van der Waals surface area contributed by atoms with Crippen LogP contribution in [0, 0.1) is 0 Å². The van der Waals surface area contributed by atoms with Gasteiger partial charge in [0, 0.05) is 19.1 Å². The van der Waals surface area contributed by atoms with Crippen LogP contribution in [-0.4, -0.2) is 55.4 Å². The molecule has 2 aliphatic rings. The van der Waals surface area contributed by atoms with Crippen LogP contribution in [0.1, 0.15) is 54.3 Å². The molecule has 3 rings (SSSR count). The van der Waals surface area contributed by atoms with Crippen LogP contribution in [0.25, 0.3) is 0 Å². The number of nitrogens with one attached hydrogen (secondary N) is 2. The Kier molecular flexibility index (Phi) is 5.20. The molecule has 10 heteroatoms. The number of alkyl carbamates (subject to hydrolysis) is 1. The molecule has 0 aromatic heterocycles. The maximum atomic E-state index is 12.9. The molecule has 9 nitrogen and oxygen atoms in total. The number of nitrogens with zero attached hydrogens (tertiary/aromatic N) is 1. The van der Waals surface area contributed by atoms with Gasteiger partial charge in [0.15, 0.2) is 0 Å². The number of sulfonamides is 1. The van der Waals surface area contributed by atoms with E-state index in [-0.39, 0.29) is 35.2 Å². The first-order valence-electron chi connectivity index (χ1n) is 8.97. The van der Waals surface area contributed by atoms with Gasteiger partial charge in [0.05, 0.1) is 16.0 Å². The van der Waals surface area contributed by atoms with Gasteiger partial charge in [-0.2, -0.15) is 4.31 Å². The third kappa shape index (κ3) is 4.17. The third-order valence-corrected chi connectivity index (χ3v) is 6.41. The predicted molar refractivity (Wildman–Crippen MR) is 99.4 cm³/mol. The summed E-state index contributed by atoms with van der Waals surface area (Å²) in [5, 5.41) is 4.90. The van der Waals surface area contributed by atoms with Gasteiger partial charge in [-0.25, -0.2) is 13.2 Å². The van der Waals surface area contributed by atoms with E-state index < -0.39 is 33.5 Å². The fourth-order valence-corrected chi connectivity index (χ4v) is 4.67. The maximum absolute atomic E-state index is 12.9. The molecule has 3 amide bonds. The molecule has 0 aliphatic carbocycles. The van der Waals surface area contributed by atoms with Crippen LogP contribution in [-0.2, 0) is 14.8 Å². The van der Waals surface area contributed by atoms with E-state index in [1.54, 1.807) is 20.8 Å². The van der Waals surface area contributed by atoms with Gasteiger partial charge in [-0.1, -0.05) is 0 Å². The SMILES string of the molecule is CC(C)(C)OC(=O)NC1CCN(S(=O)(=O)c2ccc3c(c2)C(=O)NC3=O)CC1. The van der Waals surface area contributed by atoms with Crippen molar-refractivity contribution in [2.24, 2.45) is 0 Å². The molecule has 28 heavy (non-hydrogen) atoms. The van der Waals surface area contributed by atoms with Crippen molar-refractivity contribution in [2.45, 2.75) is 50.2 Å². The van der Waals surface area contributed by atoms with Crippen molar-refractivity contribution in [1.82, 2.24) is 14.9 Å². The average Bonchev–Trinajstić information content (AvgIpc) is 2.87. The molecule has 0 saturated carbocycles. The number of rotatable bonds is 3. The number of carbonyl (C=O) groups excluding carboxylic acids is 3. The van der Waals surface area contributed by atoms with E-state index in [4.69, 9.17) is 4.74 Å². The lowest BCUT2D eigenvalue weighted by Gasteiger charge is -2.32. The van der Waals surface area contributed by atoms with E-state index in [2.05, 4.69) is 10.6 Å². The third-order valence-electron chi connectivity index (χ3n) is 4.52. The van der Waals surface area contributed by atoms with Gasteiger partial charge in [-0.05, 0) is 51.8 Å². The molecule has 0 bridgehead atoms. The molecule has 1 aromatic carbocycles. The van der Waals surface area contributed by atoms with E-state index >= 15 is 0 Å². The van der Waals surface area contributed by atoms with Crippen LogP contribution in [0.5, 0.6) is 0 Å². The topological polar surface area (TPSA) is 122 Å². The molecule has 0 radical (unpaired) electrons. The van der Waals surface area contributed by atoms with Crippen molar-refractivity contribution in [3.05, 3.63) is 29.3 Å². The molecule has 2 aliphatic heterocycles. The van der Waals surface area contributed by atoms with E-state index in [0.717, 1.165) is 0 Å². The first-order chi connectivity index (χ1) is 13.0. The molecule has 2 N–H and O–H groups in total. The lowest BCUT2D eigenvalue weighted by Crippen LogP contribution is -2.47. The van der Waals surface area contributed by atoms with Crippen molar-refractivity contribution in [3.8, 4) is 0 Å². The number of fused-ring (bicyclic) bond motifs is 1. The molecule has 152 valence electrons. The molecule has 1 aromatic rings. The zero-order chi connectivity index (χ0) is 20.7. The summed E-state index contributed by atoms with van der Waals surface area (Å²) >= 11 is 0. The Morgan fingerprint density at radius 1 is 1.14 bits per heavy atom. The van der Waals surface area contributed by atoms with Gasteiger partial charge in [0.1, 0.15) is 5.60 Å². The standard InChI is InChI=1S/C18H23N3O6S/c1-18(2,3)27-17(24)19-11-6-8-21(9-7-11)28(25,26)12-4-5-13-14(10-12)16(23)20-15(13)22/h4-5,10-11H,6-9H2,1-3H3,(H,19,24)(H,20,22,23). The summed E-state index contributed by atoms with van der Waals surface area (Å²) in [5.41, 5.74) is -0.369. The zero-order valence-electron chi connectivity index (χ0n) is 15.9. The van der Waals surface area contributed by atoms with Gasteiger partial charge in [0.2, 0.25) is 10.0 Å². The number of benzene rings is 1. The molecule has 2 heterocycles. The Morgan fingerprint density at radius 2 is 1.75 bits per heavy atom. The Labute approximate surface area is 163 Å². The van der Waals surface area contributed by atoms with Gasteiger partial charge in [0.25, 0.3) is 11.8 Å². The monoisotopic (exact) mass is 409 g/mol. The number of hydrogen-bond acceptors (Lipinski definition) is 6. The highest BCUT2D eigenvalue weighted by Gasteiger charge is 2.33.